The molecule has 0 saturated carbocycles. The molecule has 1 N–H and O–H groups in total. The van der Waals surface area contributed by atoms with E-state index in [1.54, 1.807) is 6.92 Å². The Balaban J connectivity index is 2.73. The minimum Gasteiger partial charge on any atom is -0.389 e. The molecule has 1 rings (SSSR count). The lowest BCUT2D eigenvalue weighted by atomic mass is 10.1. The highest BCUT2D eigenvalue weighted by Crippen LogP contribution is 2.28. The van der Waals surface area contributed by atoms with E-state index in [1.165, 1.54) is 5.69 Å². The molecule has 0 heterocycles. The third-order valence-corrected chi connectivity index (χ3v) is 3.90. The molecule has 1 atom stereocenters. The van der Waals surface area contributed by atoms with Crippen molar-refractivity contribution in [2.45, 2.75) is 26.4 Å². The fourth-order valence-corrected chi connectivity index (χ4v) is 2.80. The van der Waals surface area contributed by atoms with Crippen molar-refractivity contribution in [1.29, 1.82) is 0 Å². The Labute approximate surface area is 125 Å². The average molecular weight is 329 g/mol. The summed E-state index contributed by atoms with van der Waals surface area (Å²) in [6.45, 7) is 7.10. The van der Waals surface area contributed by atoms with E-state index >= 15 is 0 Å². The van der Waals surface area contributed by atoms with Crippen molar-refractivity contribution >= 4 is 21.6 Å². The summed E-state index contributed by atoms with van der Waals surface area (Å²) in [5.41, 5.74) is 2.14. The number of benzene rings is 1. The second kappa shape index (κ2) is 7.88. The van der Waals surface area contributed by atoms with E-state index in [1.807, 2.05) is 6.07 Å². The van der Waals surface area contributed by atoms with Crippen LogP contribution in [0.3, 0.4) is 0 Å². The van der Waals surface area contributed by atoms with Gasteiger partial charge in [0.15, 0.2) is 0 Å². The molecule has 3 nitrogen and oxygen atoms in total. The van der Waals surface area contributed by atoms with Crippen LogP contribution in [0.2, 0.25) is 0 Å². The van der Waals surface area contributed by atoms with Crippen molar-refractivity contribution in [2.24, 2.45) is 0 Å². The lowest BCUT2D eigenvalue weighted by Crippen LogP contribution is -2.27. The molecule has 0 unspecified atom stereocenters. The van der Waals surface area contributed by atoms with Crippen LogP contribution in [0.15, 0.2) is 22.7 Å². The van der Waals surface area contributed by atoms with Crippen molar-refractivity contribution in [3.8, 4) is 0 Å². The van der Waals surface area contributed by atoms with E-state index in [9.17, 15) is 5.11 Å². The molecule has 0 aliphatic heterocycles. The minimum atomic E-state index is -0.438. The van der Waals surface area contributed by atoms with Gasteiger partial charge in [0.25, 0.3) is 0 Å². The molecule has 0 fully saturated rings. The van der Waals surface area contributed by atoms with E-state index in [-0.39, 0.29) is 0 Å². The summed E-state index contributed by atoms with van der Waals surface area (Å²) in [6.07, 6.45) is 0.712. The van der Waals surface area contributed by atoms with Crippen molar-refractivity contribution in [1.82, 2.24) is 4.90 Å². The fourth-order valence-electron chi connectivity index (χ4n) is 2.10. The summed E-state index contributed by atoms with van der Waals surface area (Å²) in [7, 11) is 4.20. The van der Waals surface area contributed by atoms with Crippen LogP contribution in [0.1, 0.15) is 31.9 Å². The molecule has 0 aliphatic rings. The van der Waals surface area contributed by atoms with Crippen LogP contribution in [0, 0.1) is 0 Å². The maximum Gasteiger partial charge on any atom is 0.0772 e. The zero-order valence-corrected chi connectivity index (χ0v) is 13.9. The van der Waals surface area contributed by atoms with Gasteiger partial charge < -0.3 is 14.9 Å². The van der Waals surface area contributed by atoms with E-state index in [0.29, 0.717) is 0 Å². The van der Waals surface area contributed by atoms with Gasteiger partial charge in [0.05, 0.1) is 6.10 Å². The van der Waals surface area contributed by atoms with Gasteiger partial charge in [-0.05, 0) is 58.6 Å². The molecule has 0 aliphatic carbocycles. The first-order chi connectivity index (χ1) is 8.95. The van der Waals surface area contributed by atoms with E-state index in [4.69, 9.17) is 0 Å². The molecule has 0 bridgehead atoms. The number of hydrogen-bond donors (Lipinski definition) is 1. The summed E-state index contributed by atoms with van der Waals surface area (Å²) in [6, 6.07) is 6.19. The Morgan fingerprint density at radius 1 is 1.26 bits per heavy atom. The molecule has 0 amide bonds. The van der Waals surface area contributed by atoms with Gasteiger partial charge in [0, 0.05) is 23.2 Å². The number of rotatable bonds is 7. The maximum absolute atomic E-state index is 9.64. The van der Waals surface area contributed by atoms with Gasteiger partial charge in [-0.1, -0.05) is 22.0 Å². The van der Waals surface area contributed by atoms with Crippen molar-refractivity contribution < 1.29 is 5.11 Å². The molecule has 0 aromatic heterocycles. The van der Waals surface area contributed by atoms with Gasteiger partial charge in [-0.2, -0.15) is 0 Å². The molecule has 1 aromatic carbocycles. The van der Waals surface area contributed by atoms with Gasteiger partial charge in [-0.25, -0.2) is 0 Å². The molecule has 0 radical (unpaired) electrons. The van der Waals surface area contributed by atoms with Crippen LogP contribution in [0.25, 0.3) is 0 Å². The Kier molecular flexibility index (Phi) is 6.83. The summed E-state index contributed by atoms with van der Waals surface area (Å²) in [5.74, 6) is 0. The largest absolute Gasteiger partial charge is 0.389 e. The number of halogens is 1. The minimum absolute atomic E-state index is 0.438. The predicted octanol–water partition coefficient (Wildman–Crippen LogP) is 3.28. The molecule has 0 saturated heterocycles. The van der Waals surface area contributed by atoms with E-state index < -0.39 is 6.10 Å². The Morgan fingerprint density at radius 2 is 1.95 bits per heavy atom. The molecule has 0 spiro atoms. The normalized spacial score (nSPS) is 12.8. The number of aliphatic hydroxyl groups excluding tert-OH is 1. The first-order valence-corrected chi connectivity index (χ1v) is 7.62. The molecule has 19 heavy (non-hydrogen) atoms. The van der Waals surface area contributed by atoms with Gasteiger partial charge in [-0.15, -0.1) is 0 Å². The first-order valence-electron chi connectivity index (χ1n) is 6.83. The van der Waals surface area contributed by atoms with E-state index in [0.717, 1.165) is 36.1 Å². The highest BCUT2D eigenvalue weighted by atomic mass is 79.9. The van der Waals surface area contributed by atoms with Crippen molar-refractivity contribution in [3.63, 3.8) is 0 Å². The second-order valence-corrected chi connectivity index (χ2v) is 5.97. The average Bonchev–Trinajstić information content (AvgIpc) is 2.33. The number of nitrogens with zero attached hydrogens (tertiary/aromatic N) is 2. The topological polar surface area (TPSA) is 26.7 Å². The van der Waals surface area contributed by atoms with Crippen LogP contribution in [-0.2, 0) is 0 Å². The smallest absolute Gasteiger partial charge is 0.0772 e. The first kappa shape index (κ1) is 16.5. The lowest BCUT2D eigenvalue weighted by molar-refractivity contribution is 0.198. The Hall–Kier alpha value is -0.580. The summed E-state index contributed by atoms with van der Waals surface area (Å²) in [4.78, 5) is 4.57. The predicted molar refractivity (Wildman–Crippen MR) is 85.8 cm³/mol. The van der Waals surface area contributed by atoms with Crippen LogP contribution >= 0.6 is 15.9 Å². The number of aliphatic hydroxyl groups is 1. The lowest BCUT2D eigenvalue weighted by Gasteiger charge is -2.25. The fraction of sp³-hybridized carbons (Fsp3) is 0.600. The monoisotopic (exact) mass is 328 g/mol. The molecular weight excluding hydrogens is 304 g/mol. The highest BCUT2D eigenvalue weighted by molar-refractivity contribution is 9.10. The Morgan fingerprint density at radius 3 is 2.42 bits per heavy atom. The van der Waals surface area contributed by atoms with Crippen LogP contribution in [0.5, 0.6) is 0 Å². The number of hydrogen-bond acceptors (Lipinski definition) is 3. The van der Waals surface area contributed by atoms with Gasteiger partial charge in [-0.3, -0.25) is 0 Å². The summed E-state index contributed by atoms with van der Waals surface area (Å²) < 4.78 is 0.978. The summed E-state index contributed by atoms with van der Waals surface area (Å²) >= 11 is 3.54. The van der Waals surface area contributed by atoms with Crippen LogP contribution < -0.4 is 4.90 Å². The molecular formula is C15H25BrN2O. The van der Waals surface area contributed by atoms with Gasteiger partial charge in [0.1, 0.15) is 0 Å². The van der Waals surface area contributed by atoms with Crippen LogP contribution in [-0.4, -0.2) is 43.7 Å². The van der Waals surface area contributed by atoms with Gasteiger partial charge in [0.2, 0.25) is 0 Å². The molecule has 1 aromatic rings. The SMILES string of the molecule is CCN(CCCN(C)C)c1ccc([C@H](C)O)c(Br)c1. The van der Waals surface area contributed by atoms with Crippen LogP contribution in [0.4, 0.5) is 5.69 Å². The maximum atomic E-state index is 9.64. The Bertz CT molecular complexity index is 394. The van der Waals surface area contributed by atoms with Crippen molar-refractivity contribution in [2.75, 3.05) is 38.6 Å². The third-order valence-electron chi connectivity index (χ3n) is 3.21. The third kappa shape index (κ3) is 5.13. The quantitative estimate of drug-likeness (QED) is 0.832. The molecule has 4 heteroatoms. The second-order valence-electron chi connectivity index (χ2n) is 5.12. The van der Waals surface area contributed by atoms with E-state index in [2.05, 4.69) is 58.9 Å². The van der Waals surface area contributed by atoms with Crippen molar-refractivity contribution in [3.05, 3.63) is 28.2 Å². The zero-order valence-electron chi connectivity index (χ0n) is 12.4. The zero-order chi connectivity index (χ0) is 14.4. The van der Waals surface area contributed by atoms with Gasteiger partial charge >= 0.3 is 0 Å². The number of anilines is 1. The standard InChI is InChI=1S/C15H25BrN2O/c1-5-18(10-6-9-17(3)4)13-7-8-14(12(2)19)15(16)11-13/h7-8,11-12,19H,5-6,9-10H2,1-4H3/t12-/m0/s1. The molecule has 108 valence electrons. The summed E-state index contributed by atoms with van der Waals surface area (Å²) in [5, 5.41) is 9.64. The highest BCUT2D eigenvalue weighted by Gasteiger charge is 2.10.